The van der Waals surface area contributed by atoms with E-state index >= 15 is 0 Å². The Hall–Kier alpha value is -1.14. The molecular weight excluding hydrogens is 266 g/mol. The van der Waals surface area contributed by atoms with Crippen molar-refractivity contribution >= 4 is 17.7 Å². The van der Waals surface area contributed by atoms with Gasteiger partial charge in [0, 0.05) is 18.5 Å². The Morgan fingerprint density at radius 2 is 1.90 bits per heavy atom. The van der Waals surface area contributed by atoms with Gasteiger partial charge in [-0.25, -0.2) is 0 Å². The number of thioether (sulfide) groups is 1. The predicted molar refractivity (Wildman–Crippen MR) is 86.0 cm³/mol. The van der Waals surface area contributed by atoms with Crippen LogP contribution in [0.2, 0.25) is 0 Å². The zero-order valence-corrected chi connectivity index (χ0v) is 13.5. The Morgan fingerprint density at radius 1 is 1.20 bits per heavy atom. The van der Waals surface area contributed by atoms with E-state index in [9.17, 15) is 4.79 Å². The molecule has 0 aromatic carbocycles. The van der Waals surface area contributed by atoms with Crippen LogP contribution in [0, 0.1) is 17.3 Å². The first-order valence-corrected chi connectivity index (χ1v) is 8.18. The summed E-state index contributed by atoms with van der Waals surface area (Å²) in [4.78, 5) is 16.3. The molecule has 0 N–H and O–H groups in total. The van der Waals surface area contributed by atoms with E-state index in [1.54, 1.807) is 0 Å². The minimum absolute atomic E-state index is 0.000393. The molecule has 2 aliphatic heterocycles. The van der Waals surface area contributed by atoms with Crippen LogP contribution < -0.4 is 0 Å². The van der Waals surface area contributed by atoms with Crippen molar-refractivity contribution in [3.8, 4) is 11.8 Å². The number of nitrogens with zero attached hydrogens (tertiary/aromatic N) is 1. The van der Waals surface area contributed by atoms with Crippen LogP contribution in [0.25, 0.3) is 0 Å². The number of hydrogen-bond donors (Lipinski definition) is 0. The third kappa shape index (κ3) is 4.45. The lowest BCUT2D eigenvalue weighted by Gasteiger charge is -2.28. The Bertz CT molecular complexity index is 493. The summed E-state index contributed by atoms with van der Waals surface area (Å²) in [6.45, 7) is 8.12. The molecule has 20 heavy (non-hydrogen) atoms. The van der Waals surface area contributed by atoms with Crippen LogP contribution in [0.4, 0.5) is 0 Å². The number of allylic oxidation sites excluding steroid dienone is 3. The molecule has 0 aromatic heterocycles. The second-order valence-corrected chi connectivity index (χ2v) is 7.41. The average molecular weight is 289 g/mol. The first-order valence-electron chi connectivity index (χ1n) is 7.36. The minimum Gasteiger partial charge on any atom is -0.338 e. The summed E-state index contributed by atoms with van der Waals surface area (Å²) in [5.74, 6) is 6.64. The first-order chi connectivity index (χ1) is 9.46. The maximum absolute atomic E-state index is 12.5. The number of likely N-dealkylation sites (tertiary alicyclic amines) is 1. The van der Waals surface area contributed by atoms with Gasteiger partial charge in [0.15, 0.2) is 0 Å². The van der Waals surface area contributed by atoms with Crippen LogP contribution in [-0.4, -0.2) is 23.9 Å². The average Bonchev–Trinajstić information content (AvgIpc) is 2.45. The highest BCUT2D eigenvalue weighted by Gasteiger charge is 2.22. The molecule has 0 saturated carbocycles. The van der Waals surface area contributed by atoms with E-state index in [1.165, 1.54) is 18.2 Å². The molecule has 1 amide bonds. The molecule has 2 heterocycles. The van der Waals surface area contributed by atoms with Crippen molar-refractivity contribution in [2.75, 3.05) is 13.1 Å². The molecule has 0 bridgehead atoms. The fraction of sp³-hybridized carbons (Fsp3) is 0.588. The van der Waals surface area contributed by atoms with Crippen LogP contribution in [0.3, 0.4) is 0 Å². The van der Waals surface area contributed by atoms with Gasteiger partial charge in [-0.2, -0.15) is 0 Å². The summed E-state index contributed by atoms with van der Waals surface area (Å²) in [5, 5.41) is 0. The van der Waals surface area contributed by atoms with Crippen LogP contribution in [0.5, 0.6) is 0 Å². The molecule has 2 rings (SSSR count). The summed E-state index contributed by atoms with van der Waals surface area (Å²) in [6, 6.07) is 0. The van der Waals surface area contributed by atoms with Crippen molar-refractivity contribution in [3.05, 3.63) is 22.0 Å². The van der Waals surface area contributed by atoms with Crippen molar-refractivity contribution < 1.29 is 4.79 Å². The highest BCUT2D eigenvalue weighted by molar-refractivity contribution is 8.07. The van der Waals surface area contributed by atoms with Gasteiger partial charge in [-0.1, -0.05) is 35.8 Å². The number of carbonyl (C=O) groups is 1. The predicted octanol–water partition coefficient (Wildman–Crippen LogP) is 3.95. The number of amides is 1. The summed E-state index contributed by atoms with van der Waals surface area (Å²) in [6.07, 6.45) is 8.47. The van der Waals surface area contributed by atoms with Gasteiger partial charge in [-0.3, -0.25) is 4.79 Å². The second kappa shape index (κ2) is 6.54. The molecule has 0 unspecified atom stereocenters. The van der Waals surface area contributed by atoms with Crippen molar-refractivity contribution in [1.82, 2.24) is 4.90 Å². The van der Waals surface area contributed by atoms with Crippen molar-refractivity contribution in [2.24, 2.45) is 5.41 Å². The van der Waals surface area contributed by atoms with Gasteiger partial charge in [0.2, 0.25) is 0 Å². The number of piperidine rings is 1. The first kappa shape index (κ1) is 15.3. The van der Waals surface area contributed by atoms with Crippen molar-refractivity contribution in [1.29, 1.82) is 0 Å². The van der Waals surface area contributed by atoms with Crippen molar-refractivity contribution in [2.45, 2.75) is 46.5 Å². The largest absolute Gasteiger partial charge is 0.338 e. The third-order valence-corrected chi connectivity index (χ3v) is 4.29. The lowest BCUT2D eigenvalue weighted by molar-refractivity contribution is -0.127. The monoisotopic (exact) mass is 289 g/mol. The molecule has 0 radical (unpaired) electrons. The molecule has 0 aliphatic carbocycles. The van der Waals surface area contributed by atoms with Crippen molar-refractivity contribution in [3.63, 3.8) is 0 Å². The Morgan fingerprint density at radius 3 is 2.55 bits per heavy atom. The standard InChI is InChI=1S/C17H23NOS/c1-17(2,3)11-10-14-8-7-9-15(20-14)16(19)18-12-5-4-6-13-18/h8-9H,4-7,12-13H2,1-3H3. The fourth-order valence-corrected chi connectivity index (χ4v) is 3.10. The van der Waals surface area contributed by atoms with Gasteiger partial charge in [-0.15, -0.1) is 0 Å². The second-order valence-electron chi connectivity index (χ2n) is 6.33. The summed E-state index contributed by atoms with van der Waals surface area (Å²) in [7, 11) is 0. The topological polar surface area (TPSA) is 20.3 Å². The van der Waals surface area contributed by atoms with Gasteiger partial charge in [-0.05, 0) is 46.5 Å². The van der Waals surface area contributed by atoms with E-state index in [0.717, 1.165) is 42.2 Å². The number of rotatable bonds is 1. The Balaban J connectivity index is 1.99. The van der Waals surface area contributed by atoms with Gasteiger partial charge < -0.3 is 4.90 Å². The maximum atomic E-state index is 12.5. The third-order valence-electron chi connectivity index (χ3n) is 3.24. The summed E-state index contributed by atoms with van der Waals surface area (Å²) in [5.41, 5.74) is -0.000393. The molecule has 0 aromatic rings. The molecule has 1 fully saturated rings. The SMILES string of the molecule is CC(C)(C)C#CC1=CCC=C(C(=O)N2CCCCC2)S1. The van der Waals surface area contributed by atoms with Gasteiger partial charge in [0.1, 0.15) is 0 Å². The van der Waals surface area contributed by atoms with E-state index < -0.39 is 0 Å². The van der Waals surface area contributed by atoms with Crippen LogP contribution in [-0.2, 0) is 4.79 Å². The smallest absolute Gasteiger partial charge is 0.260 e. The molecule has 3 heteroatoms. The van der Waals surface area contributed by atoms with Crippen LogP contribution in [0.15, 0.2) is 22.0 Å². The normalized spacial score (nSPS) is 19.6. The van der Waals surface area contributed by atoms with E-state index in [0.29, 0.717) is 0 Å². The number of hydrogen-bond acceptors (Lipinski definition) is 2. The minimum atomic E-state index is -0.000393. The highest BCUT2D eigenvalue weighted by Crippen LogP contribution is 2.32. The zero-order chi connectivity index (χ0) is 14.6. The summed E-state index contributed by atoms with van der Waals surface area (Å²) >= 11 is 1.53. The molecule has 2 aliphatic rings. The highest BCUT2D eigenvalue weighted by atomic mass is 32.2. The molecular formula is C17H23NOS. The molecule has 2 nitrogen and oxygen atoms in total. The maximum Gasteiger partial charge on any atom is 0.260 e. The lowest BCUT2D eigenvalue weighted by Crippen LogP contribution is -2.36. The quantitative estimate of drug-likeness (QED) is 0.681. The Kier molecular flexibility index (Phi) is 4.99. The van der Waals surface area contributed by atoms with E-state index in [2.05, 4.69) is 38.7 Å². The zero-order valence-electron chi connectivity index (χ0n) is 12.7. The van der Waals surface area contributed by atoms with E-state index in [4.69, 9.17) is 0 Å². The van der Waals surface area contributed by atoms with Gasteiger partial charge in [0.05, 0.1) is 9.81 Å². The van der Waals surface area contributed by atoms with E-state index in [1.807, 2.05) is 11.0 Å². The van der Waals surface area contributed by atoms with Gasteiger partial charge >= 0.3 is 0 Å². The Labute approximate surface area is 126 Å². The molecule has 0 atom stereocenters. The number of carbonyl (C=O) groups excluding carboxylic acids is 1. The van der Waals surface area contributed by atoms with Gasteiger partial charge in [0.25, 0.3) is 5.91 Å². The molecule has 0 spiro atoms. The lowest BCUT2D eigenvalue weighted by atomic mass is 9.98. The van der Waals surface area contributed by atoms with Crippen LogP contribution >= 0.6 is 11.8 Å². The fourth-order valence-electron chi connectivity index (χ4n) is 2.18. The molecule has 1 saturated heterocycles. The van der Waals surface area contributed by atoms with Crippen LogP contribution in [0.1, 0.15) is 46.5 Å². The molecule has 108 valence electrons. The van der Waals surface area contributed by atoms with E-state index in [-0.39, 0.29) is 11.3 Å². The summed E-state index contributed by atoms with van der Waals surface area (Å²) < 4.78 is 0.